The van der Waals surface area contributed by atoms with Crippen molar-refractivity contribution in [1.29, 1.82) is 0 Å². The Bertz CT molecular complexity index is 1790. The Morgan fingerprint density at radius 2 is 1.75 bits per heavy atom. The lowest BCUT2D eigenvalue weighted by Crippen LogP contribution is -2.56. The maximum atomic E-state index is 14.0. The number of nitrogens with one attached hydrogen (secondary N) is 1. The molecule has 1 amide bonds. The molecule has 1 heterocycles. The maximum Gasteiger partial charge on any atom is 0.305 e. The summed E-state index contributed by atoms with van der Waals surface area (Å²) in [7, 11) is 0. The van der Waals surface area contributed by atoms with Gasteiger partial charge in [0, 0.05) is 35.9 Å². The Kier molecular flexibility index (Phi) is 15.6. The van der Waals surface area contributed by atoms with Gasteiger partial charge in [0.1, 0.15) is 12.1 Å². The quantitative estimate of drug-likeness (QED) is 0.0221. The fraction of sp³-hybridized carbons (Fsp3) is 0.814. The molecule has 3 N–H and O–H groups in total. The molecule has 4 unspecified atom stereocenters. The van der Waals surface area contributed by atoms with E-state index in [1.807, 2.05) is 0 Å². The molecule has 1 aromatic heterocycles. The smallest absolute Gasteiger partial charge is 0.305 e. The summed E-state index contributed by atoms with van der Waals surface area (Å²) >= 11 is 0. The highest BCUT2D eigenvalue weighted by Gasteiger charge is 2.60. The Hall–Kier alpha value is -3.85. The average molecular weight is 823 g/mol. The van der Waals surface area contributed by atoms with Crippen LogP contribution in [0.2, 0.25) is 0 Å². The number of carbonyl (C=O) groups excluding carboxylic acids is 2. The van der Waals surface area contributed by atoms with Crippen LogP contribution in [0.25, 0.3) is 21.5 Å². The number of nitrogens with two attached hydrogens (primary N) is 1. The van der Waals surface area contributed by atoms with E-state index in [1.54, 1.807) is 6.07 Å². The third-order valence-corrected chi connectivity index (χ3v) is 15.4. The Morgan fingerprint density at radius 1 is 1.00 bits per heavy atom. The second-order valence-electron chi connectivity index (χ2n) is 18.4. The van der Waals surface area contributed by atoms with Gasteiger partial charge in [-0.25, -0.2) is 4.63 Å². The van der Waals surface area contributed by atoms with E-state index in [1.165, 1.54) is 44.6 Å². The largest absolute Gasteiger partial charge is 0.463 e. The van der Waals surface area contributed by atoms with Crippen LogP contribution in [0.1, 0.15) is 116 Å². The number of ether oxygens (including phenoxy) is 3. The molecule has 59 heavy (non-hydrogen) atoms. The molecule has 326 valence electrons. The molecule has 2 aromatic rings. The summed E-state index contributed by atoms with van der Waals surface area (Å²) in [6, 6.07) is 3.23. The molecule has 16 heteroatoms. The molecule has 4 saturated carbocycles. The third-order valence-electron chi connectivity index (χ3n) is 15.4. The number of nitro groups is 1. The van der Waals surface area contributed by atoms with E-state index in [9.17, 15) is 19.7 Å². The topological polar surface area (TPSA) is 231 Å². The first-order chi connectivity index (χ1) is 28.5. The minimum atomic E-state index is -0.493. The fourth-order valence-electron chi connectivity index (χ4n) is 12.3. The zero-order valence-corrected chi connectivity index (χ0v) is 35.4. The van der Waals surface area contributed by atoms with Crippen LogP contribution in [0.3, 0.4) is 0 Å². The molecule has 4 aliphatic rings. The van der Waals surface area contributed by atoms with Crippen LogP contribution < -0.4 is 11.1 Å². The van der Waals surface area contributed by atoms with Crippen LogP contribution in [-0.4, -0.2) is 79.3 Å². The van der Waals surface area contributed by atoms with Gasteiger partial charge in [0.15, 0.2) is 0 Å². The number of amides is 1. The van der Waals surface area contributed by atoms with Gasteiger partial charge in [-0.15, -0.1) is 0 Å². The molecule has 1 aromatic carbocycles. The van der Waals surface area contributed by atoms with E-state index in [0.29, 0.717) is 93.4 Å². The molecule has 0 bridgehead atoms. The van der Waals surface area contributed by atoms with Crippen molar-refractivity contribution in [2.75, 3.05) is 46.1 Å². The number of hydrogen-bond donors (Lipinski definition) is 2. The van der Waals surface area contributed by atoms with Crippen molar-refractivity contribution in [2.24, 2.45) is 63.1 Å². The molecule has 0 radical (unpaired) electrons. The number of fused-ring (bicyclic) bond motifs is 6. The number of aromatic nitrogens is 2. The number of non-ortho nitro benzene ring substituents is 1. The number of azide groups is 1. The van der Waals surface area contributed by atoms with Gasteiger partial charge in [-0.05, 0) is 164 Å². The third kappa shape index (κ3) is 10.4. The zero-order valence-electron chi connectivity index (χ0n) is 35.4. The van der Waals surface area contributed by atoms with Gasteiger partial charge in [-0.1, -0.05) is 32.3 Å². The summed E-state index contributed by atoms with van der Waals surface area (Å²) < 4.78 is 21.2. The van der Waals surface area contributed by atoms with Crippen LogP contribution >= 0.6 is 0 Å². The molecule has 4 fully saturated rings. The summed E-state index contributed by atoms with van der Waals surface area (Å²) in [5.74, 6) is 3.36. The number of nitro benzene ring substituents is 1. The number of esters is 1. The molecular formula is C43H66N8O8. The van der Waals surface area contributed by atoms with E-state index < -0.39 is 4.92 Å². The van der Waals surface area contributed by atoms with Crippen LogP contribution in [0, 0.1) is 62.4 Å². The summed E-state index contributed by atoms with van der Waals surface area (Å²) in [5, 5.41) is 26.2. The van der Waals surface area contributed by atoms with Gasteiger partial charge in [0.2, 0.25) is 11.4 Å². The zero-order chi connectivity index (χ0) is 42.0. The van der Waals surface area contributed by atoms with Gasteiger partial charge in [-0.2, -0.15) is 0 Å². The molecule has 10 atom stereocenters. The highest BCUT2D eigenvalue weighted by Crippen LogP contribution is 2.68. The standard InChI is InChI=1S/C43H66N8O8/c1-28(7-14-38(52)58-25-24-57-23-22-56-21-20-46-50-45)34-11-12-35-33-10-9-31-27-32(15-17-42(31,2)36(33)16-18-43(34,35)3)47-41(53)30(6-4-5-19-44)26-29-8-13-37(51(54)55)40-39(29)48-59-49-40/h8,13,28,30-36H,4-7,9-12,14-27,44H2,1-3H3,(H,47,53)/t28-,30-,31-,32-,33?,34?,35?,36?,42+,43-/m1/s1. The summed E-state index contributed by atoms with van der Waals surface area (Å²) in [6.07, 6.45) is 14.6. The Labute approximate surface area is 347 Å². The molecule has 4 aliphatic carbocycles. The molecule has 6 rings (SSSR count). The normalized spacial score (nSPS) is 29.7. The second kappa shape index (κ2) is 20.6. The predicted octanol–water partition coefficient (Wildman–Crippen LogP) is 7.87. The number of unbranched alkanes of at least 4 members (excludes halogenated alkanes) is 1. The van der Waals surface area contributed by atoms with Crippen molar-refractivity contribution in [2.45, 2.75) is 123 Å². The predicted molar refractivity (Wildman–Crippen MR) is 221 cm³/mol. The first-order valence-electron chi connectivity index (χ1n) is 22.2. The van der Waals surface area contributed by atoms with E-state index in [-0.39, 0.29) is 47.1 Å². The van der Waals surface area contributed by atoms with Crippen molar-refractivity contribution in [1.82, 2.24) is 15.6 Å². The molecule has 16 nitrogen and oxygen atoms in total. The lowest BCUT2D eigenvalue weighted by molar-refractivity contribution is -0.383. The van der Waals surface area contributed by atoms with Gasteiger partial charge >= 0.3 is 11.7 Å². The number of carbonyl (C=O) groups is 2. The van der Waals surface area contributed by atoms with Gasteiger partial charge in [-0.3, -0.25) is 19.7 Å². The first kappa shape index (κ1) is 44.7. The average Bonchev–Trinajstić information content (AvgIpc) is 3.86. The number of rotatable bonds is 22. The van der Waals surface area contributed by atoms with E-state index >= 15 is 0 Å². The van der Waals surface area contributed by atoms with Crippen LogP contribution in [-0.2, 0) is 30.2 Å². The number of benzene rings is 1. The highest BCUT2D eigenvalue weighted by molar-refractivity contribution is 5.87. The van der Waals surface area contributed by atoms with Gasteiger partial charge in [0.25, 0.3) is 0 Å². The Morgan fingerprint density at radius 3 is 2.53 bits per heavy atom. The SMILES string of the molecule is C[C@H](CCC(=O)OCCOCCOCCN=[N+]=[N-])C1CCC2C3CC[C@@H]4C[C@H](NC(=O)[C@H](CCCCN)Cc5ccc([N+](=O)[O-])c6nonc56)CC[C@]4(C)C3CC[C@@]21C. The fourth-order valence-corrected chi connectivity index (χ4v) is 12.3. The highest BCUT2D eigenvalue weighted by atomic mass is 16.6. The van der Waals surface area contributed by atoms with E-state index in [0.717, 1.165) is 55.9 Å². The number of nitrogens with zero attached hydrogens (tertiary/aromatic N) is 6. The molecule has 0 saturated heterocycles. The number of hydrogen-bond acceptors (Lipinski definition) is 12. The summed E-state index contributed by atoms with van der Waals surface area (Å²) in [4.78, 5) is 40.4. The molecule has 0 spiro atoms. The van der Waals surface area contributed by atoms with E-state index in [4.69, 9.17) is 30.1 Å². The first-order valence-corrected chi connectivity index (χ1v) is 22.2. The van der Waals surface area contributed by atoms with Crippen molar-refractivity contribution in [3.05, 3.63) is 38.3 Å². The lowest BCUT2D eigenvalue weighted by Gasteiger charge is -2.61. The van der Waals surface area contributed by atoms with Crippen molar-refractivity contribution >= 4 is 28.6 Å². The van der Waals surface area contributed by atoms with Crippen LogP contribution in [0.4, 0.5) is 5.69 Å². The van der Waals surface area contributed by atoms with Crippen molar-refractivity contribution < 1.29 is 33.4 Å². The van der Waals surface area contributed by atoms with Gasteiger partial charge < -0.3 is 25.3 Å². The maximum absolute atomic E-state index is 14.0. The van der Waals surface area contributed by atoms with E-state index in [2.05, 4.69) is 46.4 Å². The minimum Gasteiger partial charge on any atom is -0.463 e. The van der Waals surface area contributed by atoms with Crippen LogP contribution in [0.5, 0.6) is 0 Å². The minimum absolute atomic E-state index is 0.0347. The summed E-state index contributed by atoms with van der Waals surface area (Å²) in [5.41, 5.74) is 15.7. The lowest BCUT2D eigenvalue weighted by atomic mass is 9.44. The van der Waals surface area contributed by atoms with Crippen molar-refractivity contribution in [3.8, 4) is 0 Å². The van der Waals surface area contributed by atoms with Crippen LogP contribution in [0.15, 0.2) is 21.9 Å². The monoisotopic (exact) mass is 823 g/mol. The Balaban J connectivity index is 0.978. The molecular weight excluding hydrogens is 757 g/mol. The molecule has 0 aliphatic heterocycles. The van der Waals surface area contributed by atoms with Crippen molar-refractivity contribution in [3.63, 3.8) is 0 Å². The van der Waals surface area contributed by atoms with Gasteiger partial charge in [0.05, 0.1) is 31.4 Å². The second-order valence-corrected chi connectivity index (χ2v) is 18.4. The summed E-state index contributed by atoms with van der Waals surface area (Å²) in [6.45, 7) is 10.0.